The third-order valence-corrected chi connectivity index (χ3v) is 6.22. The molecule has 2 aliphatic rings. The fourth-order valence-corrected chi connectivity index (χ4v) is 4.29. The van der Waals surface area contributed by atoms with Crippen molar-refractivity contribution in [3.05, 3.63) is 23.8 Å². The summed E-state index contributed by atoms with van der Waals surface area (Å²) >= 11 is 0. The van der Waals surface area contributed by atoms with Gasteiger partial charge < -0.3 is 20.7 Å². The molecule has 2 aromatic heterocycles. The molecule has 1 aliphatic carbocycles. The van der Waals surface area contributed by atoms with Crippen molar-refractivity contribution in [2.75, 3.05) is 20.3 Å². The van der Waals surface area contributed by atoms with Crippen LogP contribution in [0.15, 0.2) is 12.4 Å². The van der Waals surface area contributed by atoms with E-state index in [9.17, 15) is 26.7 Å². The Morgan fingerprint density at radius 1 is 1.27 bits per heavy atom. The van der Waals surface area contributed by atoms with E-state index in [0.29, 0.717) is 5.69 Å². The summed E-state index contributed by atoms with van der Waals surface area (Å²) < 4.78 is 72.6. The number of alkyl halides is 5. The maximum absolute atomic E-state index is 13.5. The number of urea groups is 1. The Hall–Kier alpha value is -2.61. The third-order valence-electron chi connectivity index (χ3n) is 6.22. The van der Waals surface area contributed by atoms with Crippen LogP contribution in [0, 0.1) is 5.92 Å². The first-order valence-corrected chi connectivity index (χ1v) is 10.5. The lowest BCUT2D eigenvalue weighted by Crippen LogP contribution is -2.40. The van der Waals surface area contributed by atoms with Gasteiger partial charge in [-0.1, -0.05) is 0 Å². The number of amides is 2. The molecule has 2 aromatic rings. The third kappa shape index (κ3) is 4.86. The van der Waals surface area contributed by atoms with Crippen LogP contribution in [0.1, 0.15) is 49.2 Å². The predicted molar refractivity (Wildman–Crippen MR) is 104 cm³/mol. The molecule has 1 saturated heterocycles. The molecule has 1 aliphatic heterocycles. The first-order chi connectivity index (χ1) is 15.5. The van der Waals surface area contributed by atoms with Crippen molar-refractivity contribution in [2.45, 2.75) is 55.9 Å². The largest absolute Gasteiger partial charge is 0.410 e. The number of hydrogen-bond donors (Lipinski definition) is 2. The molecule has 182 valence electrons. The van der Waals surface area contributed by atoms with E-state index in [2.05, 4.69) is 15.1 Å². The fraction of sp³-hybridized carbons (Fsp3) is 0.684. The number of nitrogens with two attached hydrogens (primary N) is 1. The Bertz CT molecular complexity index is 1000. The zero-order chi connectivity index (χ0) is 24.0. The number of aromatic nitrogens is 4. The summed E-state index contributed by atoms with van der Waals surface area (Å²) in [6, 6.07) is -4.39. The number of fused-ring (bicyclic) bond motifs is 1. The van der Waals surface area contributed by atoms with Crippen molar-refractivity contribution in [1.82, 2.24) is 29.8 Å². The standard InChI is InChI=1S/C19H24F5N7O2/c1-33-9-13(30-8-14(19(22,23)24)29-17(30)32)11-6-26-31-7-12(28-16(31)27-11)15(25)10-2-4-18(20,21)5-3-10/h6-7,10,13-15H,2-5,8-9,25H2,1H3,(H,29,32)/t13-,14+,15+/m1/s1. The van der Waals surface area contributed by atoms with Gasteiger partial charge in [-0.25, -0.2) is 28.1 Å². The number of methoxy groups -OCH3 is 1. The summed E-state index contributed by atoms with van der Waals surface area (Å²) in [5.41, 5.74) is 6.91. The van der Waals surface area contributed by atoms with E-state index < -0.39 is 42.8 Å². The monoisotopic (exact) mass is 477 g/mol. The van der Waals surface area contributed by atoms with Crippen LogP contribution < -0.4 is 11.1 Å². The van der Waals surface area contributed by atoms with Gasteiger partial charge in [0.2, 0.25) is 5.92 Å². The molecule has 14 heteroatoms. The molecular weight excluding hydrogens is 453 g/mol. The smallest absolute Gasteiger partial charge is 0.382 e. The van der Waals surface area contributed by atoms with Gasteiger partial charge in [0.05, 0.1) is 43.0 Å². The lowest BCUT2D eigenvalue weighted by atomic mass is 9.81. The average molecular weight is 477 g/mol. The summed E-state index contributed by atoms with van der Waals surface area (Å²) in [5, 5.41) is 6.12. The van der Waals surface area contributed by atoms with E-state index in [1.54, 1.807) is 6.20 Å². The van der Waals surface area contributed by atoms with Crippen LogP contribution in [0.25, 0.3) is 5.78 Å². The van der Waals surface area contributed by atoms with Crippen molar-refractivity contribution in [1.29, 1.82) is 0 Å². The van der Waals surface area contributed by atoms with E-state index in [1.807, 2.05) is 5.32 Å². The van der Waals surface area contributed by atoms with Crippen molar-refractivity contribution in [2.24, 2.45) is 11.7 Å². The van der Waals surface area contributed by atoms with E-state index in [1.165, 1.54) is 17.8 Å². The van der Waals surface area contributed by atoms with Crippen molar-refractivity contribution < 1.29 is 31.5 Å². The molecule has 33 heavy (non-hydrogen) atoms. The molecule has 3 N–H and O–H groups in total. The molecule has 0 bridgehead atoms. The second-order valence-electron chi connectivity index (χ2n) is 8.48. The predicted octanol–water partition coefficient (Wildman–Crippen LogP) is 2.59. The number of nitrogens with one attached hydrogen (secondary N) is 1. The fourth-order valence-electron chi connectivity index (χ4n) is 4.29. The van der Waals surface area contributed by atoms with Gasteiger partial charge in [-0.05, 0) is 18.8 Å². The number of carbonyl (C=O) groups is 1. The van der Waals surface area contributed by atoms with Gasteiger partial charge in [0.1, 0.15) is 12.1 Å². The molecule has 3 atom stereocenters. The highest BCUT2D eigenvalue weighted by Crippen LogP contribution is 2.40. The summed E-state index contributed by atoms with van der Waals surface area (Å²) in [4.78, 5) is 21.9. The first-order valence-electron chi connectivity index (χ1n) is 10.5. The van der Waals surface area contributed by atoms with Crippen LogP contribution in [-0.4, -0.2) is 68.9 Å². The molecule has 4 rings (SSSR count). The SMILES string of the molecule is COC[C@H](c1cnn2cc([C@@H](N)C3CCC(F)(F)CC3)nc2n1)N1C[C@@H](C(F)(F)F)NC1=O. The van der Waals surface area contributed by atoms with E-state index in [4.69, 9.17) is 10.5 Å². The van der Waals surface area contributed by atoms with Crippen LogP contribution in [0.3, 0.4) is 0 Å². The Kier molecular flexibility index (Phi) is 6.16. The maximum atomic E-state index is 13.5. The molecule has 0 unspecified atom stereocenters. The molecular formula is C19H24F5N7O2. The highest BCUT2D eigenvalue weighted by Gasteiger charge is 2.49. The number of carbonyl (C=O) groups excluding carboxylic acids is 1. The van der Waals surface area contributed by atoms with Gasteiger partial charge in [0, 0.05) is 20.0 Å². The topological polar surface area (TPSA) is 111 Å². The molecule has 3 heterocycles. The lowest BCUT2D eigenvalue weighted by molar-refractivity contribution is -0.150. The van der Waals surface area contributed by atoms with Crippen LogP contribution in [-0.2, 0) is 4.74 Å². The van der Waals surface area contributed by atoms with Gasteiger partial charge in [-0.2, -0.15) is 18.3 Å². The van der Waals surface area contributed by atoms with E-state index >= 15 is 0 Å². The number of nitrogens with zero attached hydrogens (tertiary/aromatic N) is 5. The van der Waals surface area contributed by atoms with Crippen LogP contribution >= 0.6 is 0 Å². The lowest BCUT2D eigenvalue weighted by Gasteiger charge is -2.31. The van der Waals surface area contributed by atoms with Gasteiger partial charge >= 0.3 is 12.2 Å². The normalized spacial score (nSPS) is 23.7. The Labute approximate surface area is 185 Å². The number of hydrogen-bond acceptors (Lipinski definition) is 6. The number of halogens is 5. The van der Waals surface area contributed by atoms with Gasteiger partial charge in [0.15, 0.2) is 0 Å². The highest BCUT2D eigenvalue weighted by molar-refractivity contribution is 5.77. The zero-order valence-electron chi connectivity index (χ0n) is 17.7. The van der Waals surface area contributed by atoms with Crippen molar-refractivity contribution in [3.63, 3.8) is 0 Å². The molecule has 0 spiro atoms. The minimum Gasteiger partial charge on any atom is -0.382 e. The quantitative estimate of drug-likeness (QED) is 0.619. The Morgan fingerprint density at radius 3 is 2.55 bits per heavy atom. The van der Waals surface area contributed by atoms with Crippen molar-refractivity contribution >= 4 is 11.8 Å². The summed E-state index contributed by atoms with van der Waals surface area (Å²) in [6.45, 7) is -0.702. The van der Waals surface area contributed by atoms with E-state index in [-0.39, 0.29) is 49.7 Å². The average Bonchev–Trinajstić information content (AvgIpc) is 3.34. The van der Waals surface area contributed by atoms with Crippen LogP contribution in [0.4, 0.5) is 26.7 Å². The number of rotatable bonds is 6. The number of ether oxygens (including phenoxy) is 1. The van der Waals surface area contributed by atoms with Crippen LogP contribution in [0.2, 0.25) is 0 Å². The molecule has 9 nitrogen and oxygen atoms in total. The Balaban J connectivity index is 1.56. The molecule has 0 aromatic carbocycles. The number of imidazole rings is 1. The minimum atomic E-state index is -4.59. The van der Waals surface area contributed by atoms with Gasteiger partial charge in [-0.15, -0.1) is 0 Å². The van der Waals surface area contributed by atoms with Crippen molar-refractivity contribution in [3.8, 4) is 0 Å². The van der Waals surface area contributed by atoms with E-state index in [0.717, 1.165) is 4.90 Å². The van der Waals surface area contributed by atoms with Gasteiger partial charge in [-0.3, -0.25) is 0 Å². The minimum absolute atomic E-state index is 0.105. The van der Waals surface area contributed by atoms with Gasteiger partial charge in [0.25, 0.3) is 5.78 Å². The second-order valence-corrected chi connectivity index (χ2v) is 8.48. The summed E-state index contributed by atoms with van der Waals surface area (Å²) in [5.74, 6) is -2.70. The molecule has 1 saturated carbocycles. The summed E-state index contributed by atoms with van der Waals surface area (Å²) in [7, 11) is 1.36. The second kappa shape index (κ2) is 8.63. The highest BCUT2D eigenvalue weighted by atomic mass is 19.4. The molecule has 2 amide bonds. The summed E-state index contributed by atoms with van der Waals surface area (Å²) in [6.07, 6.45) is -1.62. The maximum Gasteiger partial charge on any atom is 0.410 e. The molecule has 2 fully saturated rings. The van der Waals surface area contributed by atoms with Crippen LogP contribution in [0.5, 0.6) is 0 Å². The zero-order valence-corrected chi connectivity index (χ0v) is 17.7. The Morgan fingerprint density at radius 2 is 1.94 bits per heavy atom. The first kappa shape index (κ1) is 23.5. The molecule has 0 radical (unpaired) electrons.